The summed E-state index contributed by atoms with van der Waals surface area (Å²) in [5, 5.41) is 2.07. The van der Waals surface area contributed by atoms with Crippen LogP contribution in [0, 0.1) is 5.92 Å². The maximum absolute atomic E-state index is 12.5. The molecule has 1 saturated heterocycles. The van der Waals surface area contributed by atoms with Gasteiger partial charge in [0.1, 0.15) is 0 Å². The lowest BCUT2D eigenvalue weighted by atomic mass is 10.1. The van der Waals surface area contributed by atoms with Gasteiger partial charge in [-0.25, -0.2) is 0 Å². The Kier molecular flexibility index (Phi) is 3.13. The van der Waals surface area contributed by atoms with E-state index in [1.165, 1.54) is 9.40 Å². The van der Waals surface area contributed by atoms with Crippen LogP contribution in [0.3, 0.4) is 0 Å². The first kappa shape index (κ1) is 12.1. The zero-order chi connectivity index (χ0) is 12.7. The van der Waals surface area contributed by atoms with Gasteiger partial charge in [0.2, 0.25) is 0 Å². The number of nitrogens with two attached hydrogens (primary N) is 1. The van der Waals surface area contributed by atoms with Crippen molar-refractivity contribution >= 4 is 38.0 Å². The fourth-order valence-electron chi connectivity index (χ4n) is 2.61. The van der Waals surface area contributed by atoms with E-state index in [0.29, 0.717) is 18.5 Å². The van der Waals surface area contributed by atoms with Gasteiger partial charge >= 0.3 is 0 Å². The average Bonchev–Trinajstić information content (AvgIpc) is 3.00. The molecule has 3 nitrogen and oxygen atoms in total. The number of thiophene rings is 2. The van der Waals surface area contributed by atoms with E-state index in [0.717, 1.165) is 17.8 Å². The molecule has 2 unspecified atom stereocenters. The Morgan fingerprint density at radius 2 is 2.39 bits per heavy atom. The lowest BCUT2D eigenvalue weighted by Gasteiger charge is -2.20. The number of likely N-dealkylation sites (tertiary alicyclic amines) is 1. The van der Waals surface area contributed by atoms with E-state index in [4.69, 9.17) is 5.73 Å². The van der Waals surface area contributed by atoms with Crippen LogP contribution in [0.4, 0.5) is 0 Å². The Labute approximate surface area is 114 Å². The molecule has 2 aromatic rings. The first-order chi connectivity index (χ1) is 8.69. The van der Waals surface area contributed by atoms with E-state index in [-0.39, 0.29) is 5.91 Å². The number of nitrogens with zero attached hydrogens (tertiary/aromatic N) is 1. The monoisotopic (exact) mass is 280 g/mol. The van der Waals surface area contributed by atoms with Crippen LogP contribution in [-0.2, 0) is 0 Å². The molecule has 18 heavy (non-hydrogen) atoms. The third kappa shape index (κ3) is 1.96. The number of hydrogen-bond acceptors (Lipinski definition) is 4. The Morgan fingerprint density at radius 1 is 1.56 bits per heavy atom. The van der Waals surface area contributed by atoms with Crippen molar-refractivity contribution in [1.82, 2.24) is 4.90 Å². The second-order valence-electron chi connectivity index (χ2n) is 4.90. The molecule has 5 heteroatoms. The van der Waals surface area contributed by atoms with E-state index in [1.807, 2.05) is 11.0 Å². The van der Waals surface area contributed by atoms with E-state index < -0.39 is 0 Å². The smallest absolute Gasteiger partial charge is 0.264 e. The summed E-state index contributed by atoms with van der Waals surface area (Å²) in [4.78, 5) is 15.3. The minimum absolute atomic E-state index is 0.173. The van der Waals surface area contributed by atoms with Crippen molar-refractivity contribution in [3.05, 3.63) is 22.4 Å². The van der Waals surface area contributed by atoms with Gasteiger partial charge in [0.15, 0.2) is 0 Å². The maximum atomic E-state index is 12.5. The molecule has 2 aromatic heterocycles. The fourth-order valence-corrected chi connectivity index (χ4v) is 4.67. The highest BCUT2D eigenvalue weighted by Crippen LogP contribution is 2.32. The van der Waals surface area contributed by atoms with Gasteiger partial charge in [-0.2, -0.15) is 0 Å². The van der Waals surface area contributed by atoms with E-state index in [2.05, 4.69) is 18.4 Å². The number of fused-ring (bicyclic) bond motifs is 1. The van der Waals surface area contributed by atoms with Gasteiger partial charge in [-0.3, -0.25) is 4.79 Å². The van der Waals surface area contributed by atoms with Gasteiger partial charge in [0.05, 0.1) is 4.88 Å². The molecule has 1 fully saturated rings. The summed E-state index contributed by atoms with van der Waals surface area (Å²) in [6.07, 6.45) is 1.03. The highest BCUT2D eigenvalue weighted by Gasteiger charge is 2.32. The van der Waals surface area contributed by atoms with Crippen LogP contribution in [0.15, 0.2) is 17.5 Å². The molecule has 0 saturated carbocycles. The Bertz CT molecular complexity index is 546. The number of rotatable bonds is 2. The van der Waals surface area contributed by atoms with Gasteiger partial charge < -0.3 is 10.6 Å². The quantitative estimate of drug-likeness (QED) is 0.919. The standard InChI is InChI=1S/C13H16N2OS2/c1-8-4-9(6-14)7-15(8)13(16)12-5-11-10(18-12)2-3-17-11/h2-3,5,8-9H,4,6-7,14H2,1H3. The third-order valence-corrected chi connectivity index (χ3v) is 5.69. The zero-order valence-electron chi connectivity index (χ0n) is 10.3. The summed E-state index contributed by atoms with van der Waals surface area (Å²) < 4.78 is 2.43. The second kappa shape index (κ2) is 4.64. The largest absolute Gasteiger partial charge is 0.335 e. The molecule has 1 amide bonds. The third-order valence-electron chi connectivity index (χ3n) is 3.61. The summed E-state index contributed by atoms with van der Waals surface area (Å²) in [6, 6.07) is 4.42. The van der Waals surface area contributed by atoms with Crippen molar-refractivity contribution in [1.29, 1.82) is 0 Å². The van der Waals surface area contributed by atoms with Gasteiger partial charge in [-0.05, 0) is 43.3 Å². The molecule has 0 bridgehead atoms. The predicted octanol–water partition coefficient (Wildman–Crippen LogP) is 2.77. The molecule has 1 aliphatic heterocycles. The number of amides is 1. The molecule has 2 atom stereocenters. The average molecular weight is 280 g/mol. The van der Waals surface area contributed by atoms with Crippen molar-refractivity contribution in [3.8, 4) is 0 Å². The summed E-state index contributed by atoms with van der Waals surface area (Å²) in [5.74, 6) is 0.636. The maximum Gasteiger partial charge on any atom is 0.264 e. The first-order valence-electron chi connectivity index (χ1n) is 6.17. The van der Waals surface area contributed by atoms with Crippen LogP contribution in [0.1, 0.15) is 23.0 Å². The van der Waals surface area contributed by atoms with Crippen molar-refractivity contribution in [2.75, 3.05) is 13.1 Å². The lowest BCUT2D eigenvalue weighted by Crippen LogP contribution is -2.33. The zero-order valence-corrected chi connectivity index (χ0v) is 11.9. The van der Waals surface area contributed by atoms with Crippen molar-refractivity contribution in [2.45, 2.75) is 19.4 Å². The molecule has 2 N–H and O–H groups in total. The molecule has 3 heterocycles. The van der Waals surface area contributed by atoms with E-state index in [9.17, 15) is 4.79 Å². The molecule has 0 aliphatic carbocycles. The van der Waals surface area contributed by atoms with Gasteiger partial charge in [-0.15, -0.1) is 22.7 Å². The Morgan fingerprint density at radius 3 is 3.06 bits per heavy atom. The van der Waals surface area contributed by atoms with Crippen LogP contribution in [0.5, 0.6) is 0 Å². The molecule has 96 valence electrons. The van der Waals surface area contributed by atoms with Crippen LogP contribution < -0.4 is 5.73 Å². The van der Waals surface area contributed by atoms with Crippen LogP contribution >= 0.6 is 22.7 Å². The van der Waals surface area contributed by atoms with Gasteiger partial charge in [-0.1, -0.05) is 0 Å². The molecular weight excluding hydrogens is 264 g/mol. The van der Waals surface area contributed by atoms with E-state index >= 15 is 0 Å². The predicted molar refractivity (Wildman–Crippen MR) is 77.4 cm³/mol. The van der Waals surface area contributed by atoms with Crippen LogP contribution in [0.2, 0.25) is 0 Å². The first-order valence-corrected chi connectivity index (χ1v) is 7.86. The highest BCUT2D eigenvalue weighted by atomic mass is 32.1. The highest BCUT2D eigenvalue weighted by molar-refractivity contribution is 7.27. The van der Waals surface area contributed by atoms with E-state index in [1.54, 1.807) is 22.7 Å². The van der Waals surface area contributed by atoms with Crippen molar-refractivity contribution in [2.24, 2.45) is 11.7 Å². The molecule has 0 radical (unpaired) electrons. The number of hydrogen-bond donors (Lipinski definition) is 1. The van der Waals surface area contributed by atoms with Crippen molar-refractivity contribution < 1.29 is 4.79 Å². The second-order valence-corrected chi connectivity index (χ2v) is 6.94. The molecule has 0 spiro atoms. The number of carbonyl (C=O) groups is 1. The van der Waals surface area contributed by atoms with Crippen LogP contribution in [-0.4, -0.2) is 29.9 Å². The summed E-state index contributed by atoms with van der Waals surface area (Å²) >= 11 is 3.29. The minimum atomic E-state index is 0.173. The lowest BCUT2D eigenvalue weighted by molar-refractivity contribution is 0.0748. The molecule has 0 aromatic carbocycles. The summed E-state index contributed by atoms with van der Waals surface area (Å²) in [6.45, 7) is 3.60. The summed E-state index contributed by atoms with van der Waals surface area (Å²) in [7, 11) is 0. The Hall–Kier alpha value is -0.910. The normalized spacial score (nSPS) is 24.0. The van der Waals surface area contributed by atoms with Gasteiger partial charge in [0, 0.05) is 22.0 Å². The summed E-state index contributed by atoms with van der Waals surface area (Å²) in [5.41, 5.74) is 5.71. The topological polar surface area (TPSA) is 46.3 Å². The molecular formula is C13H16N2OS2. The molecule has 3 rings (SSSR count). The van der Waals surface area contributed by atoms with Gasteiger partial charge in [0.25, 0.3) is 5.91 Å². The SMILES string of the molecule is CC1CC(CN)CN1C(=O)c1cc2sccc2s1. The molecule has 1 aliphatic rings. The Balaban J connectivity index is 1.84. The van der Waals surface area contributed by atoms with Crippen molar-refractivity contribution in [3.63, 3.8) is 0 Å². The fraction of sp³-hybridized carbons (Fsp3) is 0.462. The number of carbonyl (C=O) groups excluding carboxylic acids is 1. The minimum Gasteiger partial charge on any atom is -0.335 e. The van der Waals surface area contributed by atoms with Crippen LogP contribution in [0.25, 0.3) is 9.40 Å².